The molecule has 0 bridgehead atoms. The minimum absolute atomic E-state index is 0.00956. The first kappa shape index (κ1) is 29.3. The van der Waals surface area contributed by atoms with Crippen LogP contribution < -0.4 is 10.1 Å². The van der Waals surface area contributed by atoms with Crippen molar-refractivity contribution in [2.75, 3.05) is 33.4 Å². The van der Waals surface area contributed by atoms with Crippen molar-refractivity contribution in [1.82, 2.24) is 9.62 Å². The molecule has 4 rings (SSSR count). The normalized spacial score (nSPS) is 22.9. The average molecular weight is 563 g/mol. The Morgan fingerprint density at radius 2 is 1.85 bits per heavy atom. The van der Waals surface area contributed by atoms with Gasteiger partial charge in [0.2, 0.25) is 0 Å². The van der Waals surface area contributed by atoms with Gasteiger partial charge < -0.3 is 34.5 Å². The zero-order valence-corrected chi connectivity index (χ0v) is 23.3. The summed E-state index contributed by atoms with van der Waals surface area (Å²) in [5.41, 5.74) is 0.803. The van der Waals surface area contributed by atoms with E-state index in [0.29, 0.717) is 23.8 Å². The topological polar surface area (TPSA) is 127 Å². The number of fused-ring (bicyclic) bond motifs is 1. The lowest BCUT2D eigenvalue weighted by Crippen LogP contribution is -2.51. The summed E-state index contributed by atoms with van der Waals surface area (Å²) < 4.78 is 37.2. The number of ether oxygens (including phenoxy) is 4. The number of nitrogens with zero attached hydrogens (tertiary/aromatic N) is 1. The Labute approximate surface area is 231 Å². The summed E-state index contributed by atoms with van der Waals surface area (Å²) in [4.78, 5) is 13.5. The monoisotopic (exact) mass is 562 g/mol. The van der Waals surface area contributed by atoms with Crippen molar-refractivity contribution in [3.63, 3.8) is 0 Å². The van der Waals surface area contributed by atoms with Crippen LogP contribution in [0.4, 0.5) is 4.79 Å². The van der Waals surface area contributed by atoms with Gasteiger partial charge in [0.05, 0.1) is 43.3 Å². The van der Waals surface area contributed by atoms with Gasteiger partial charge in [0, 0.05) is 13.1 Å². The molecule has 0 radical (unpaired) electrons. The Kier molecular flexibility index (Phi) is 10.2. The molecule has 2 aromatic carbocycles. The lowest BCUT2D eigenvalue weighted by Gasteiger charge is -2.30. The van der Waals surface area contributed by atoms with Gasteiger partial charge in [-0.2, -0.15) is 0 Å². The van der Waals surface area contributed by atoms with Crippen LogP contribution in [0.25, 0.3) is 0 Å². The Morgan fingerprint density at radius 1 is 1.13 bits per heavy atom. The van der Waals surface area contributed by atoms with Crippen molar-refractivity contribution in [2.24, 2.45) is 11.8 Å². The highest BCUT2D eigenvalue weighted by atomic mass is 32.2. The molecule has 2 fully saturated rings. The molecule has 0 saturated carbocycles. The predicted octanol–water partition coefficient (Wildman–Crippen LogP) is 2.84. The summed E-state index contributed by atoms with van der Waals surface area (Å²) in [6.45, 7) is 5.36. The molecule has 3 N–H and O–H groups in total. The number of nitrogens with one attached hydrogen (secondary N) is 1. The van der Waals surface area contributed by atoms with Crippen LogP contribution in [-0.2, 0) is 31.6 Å². The fourth-order valence-electron chi connectivity index (χ4n) is 4.83. The molecule has 0 spiro atoms. The molecule has 11 heteroatoms. The molecule has 1 amide bonds. The van der Waals surface area contributed by atoms with Gasteiger partial charge >= 0.3 is 6.09 Å². The van der Waals surface area contributed by atoms with Gasteiger partial charge in [0.1, 0.15) is 28.6 Å². The largest absolute Gasteiger partial charge is 0.508 e. The van der Waals surface area contributed by atoms with Crippen LogP contribution in [0.15, 0.2) is 53.4 Å². The third kappa shape index (κ3) is 7.92. The first-order valence-corrected chi connectivity index (χ1v) is 14.3. The number of phenolic OH excluding ortho intramolecular Hbond substituents is 1. The second kappa shape index (κ2) is 13.6. The Bertz CT molecular complexity index is 1100. The Morgan fingerprint density at radius 3 is 2.51 bits per heavy atom. The highest BCUT2D eigenvalue weighted by Gasteiger charge is 2.44. The van der Waals surface area contributed by atoms with Crippen LogP contribution >= 0.6 is 0 Å². The van der Waals surface area contributed by atoms with Crippen molar-refractivity contribution < 1.29 is 38.2 Å². The van der Waals surface area contributed by atoms with Crippen molar-refractivity contribution in [1.29, 1.82) is 0 Å². The van der Waals surface area contributed by atoms with Gasteiger partial charge in [0.15, 0.2) is 6.29 Å². The highest BCUT2D eigenvalue weighted by molar-refractivity contribution is 7.82. The van der Waals surface area contributed by atoms with Crippen molar-refractivity contribution in [2.45, 2.75) is 56.1 Å². The number of hydrogen-bond acceptors (Lipinski definition) is 8. The van der Waals surface area contributed by atoms with Crippen LogP contribution in [0.3, 0.4) is 0 Å². The number of aliphatic hydroxyl groups excluding tert-OH is 1. The lowest BCUT2D eigenvalue weighted by molar-refractivity contribution is -0.0907. The number of phenols is 1. The molecule has 1 unspecified atom stereocenters. The molecule has 0 aromatic heterocycles. The number of carbonyl (C=O) groups is 1. The van der Waals surface area contributed by atoms with Crippen molar-refractivity contribution in [3.05, 3.63) is 54.1 Å². The van der Waals surface area contributed by atoms with E-state index in [-0.39, 0.29) is 43.4 Å². The minimum atomic E-state index is -1.55. The molecule has 214 valence electrons. The van der Waals surface area contributed by atoms with E-state index in [9.17, 15) is 19.2 Å². The van der Waals surface area contributed by atoms with Gasteiger partial charge in [0.25, 0.3) is 0 Å². The van der Waals surface area contributed by atoms with Gasteiger partial charge in [-0.3, -0.25) is 0 Å². The maximum Gasteiger partial charge on any atom is 0.407 e. The molecule has 2 heterocycles. The van der Waals surface area contributed by atoms with Crippen LogP contribution in [0.1, 0.15) is 25.8 Å². The summed E-state index contributed by atoms with van der Waals surface area (Å²) in [6.07, 6.45) is -1.48. The number of carbonyl (C=O) groups excluding carboxylic acids is 1. The number of amides is 1. The quantitative estimate of drug-likeness (QED) is 0.361. The van der Waals surface area contributed by atoms with Gasteiger partial charge in [-0.05, 0) is 60.7 Å². The first-order chi connectivity index (χ1) is 18.7. The third-order valence-corrected chi connectivity index (χ3v) is 8.30. The highest BCUT2D eigenvalue weighted by Crippen LogP contribution is 2.33. The SMILES string of the molecule is COc1ccc(S(=O)N(CC(C)C)C[C@@H](O)[C@H](Cc2ccc(O)cc2)NC(=O)O[C@H]2CO[C@H]3OCC[C@H]32)cc1. The zero-order chi connectivity index (χ0) is 27.9. The molecule has 10 nitrogen and oxygen atoms in total. The summed E-state index contributed by atoms with van der Waals surface area (Å²) >= 11 is 0. The number of methoxy groups -OCH3 is 1. The van der Waals surface area contributed by atoms with Crippen LogP contribution in [0.5, 0.6) is 11.5 Å². The third-order valence-electron chi connectivity index (χ3n) is 6.86. The van der Waals surface area contributed by atoms with E-state index in [0.717, 1.165) is 12.0 Å². The molecule has 6 atom stereocenters. The lowest BCUT2D eigenvalue weighted by atomic mass is 10.0. The summed E-state index contributed by atoms with van der Waals surface area (Å²) in [7, 11) is 0.0208. The second-order valence-corrected chi connectivity index (χ2v) is 11.8. The molecule has 2 aromatic rings. The number of aliphatic hydroxyl groups is 1. The molecule has 2 aliphatic rings. The van der Waals surface area contributed by atoms with E-state index in [1.54, 1.807) is 59.9 Å². The van der Waals surface area contributed by atoms with Crippen LogP contribution in [0.2, 0.25) is 0 Å². The maximum absolute atomic E-state index is 13.5. The molecule has 39 heavy (non-hydrogen) atoms. The smallest absolute Gasteiger partial charge is 0.407 e. The molecule has 0 aliphatic carbocycles. The zero-order valence-electron chi connectivity index (χ0n) is 22.5. The fourth-order valence-corrected chi connectivity index (χ4v) is 6.22. The molecule has 2 saturated heterocycles. The van der Waals surface area contributed by atoms with E-state index < -0.39 is 35.3 Å². The number of aromatic hydroxyl groups is 1. The number of alkyl carbamates (subject to hydrolysis) is 1. The van der Waals surface area contributed by atoms with Gasteiger partial charge in [-0.1, -0.05) is 26.0 Å². The molecule has 2 aliphatic heterocycles. The fraction of sp³-hybridized carbons (Fsp3) is 0.536. The molecular weight excluding hydrogens is 524 g/mol. The standard InChI is InChI=1S/C28H38N2O8S/c1-18(2)15-30(39(34)22-10-8-21(35-3)9-11-22)16-25(32)24(14-19-4-6-20(31)7-5-19)29-28(33)38-26-17-37-27-23(26)12-13-36-27/h4-11,18,23-27,31-32H,12-17H2,1-3H3,(H,29,33)/t23-,24-,25+,26-,27+,39?/m0/s1. The van der Waals surface area contributed by atoms with Crippen LogP contribution in [-0.4, -0.2) is 82.8 Å². The Hall–Kier alpha value is -2.70. The number of hydrogen-bond donors (Lipinski definition) is 3. The Balaban J connectivity index is 1.48. The summed E-state index contributed by atoms with van der Waals surface area (Å²) in [6, 6.07) is 12.8. The van der Waals surface area contributed by atoms with Gasteiger partial charge in [-0.15, -0.1) is 0 Å². The maximum atomic E-state index is 13.5. The summed E-state index contributed by atoms with van der Waals surface area (Å²) in [5.74, 6) is 0.947. The predicted molar refractivity (Wildman–Crippen MR) is 145 cm³/mol. The van der Waals surface area contributed by atoms with Crippen LogP contribution in [0, 0.1) is 11.8 Å². The van der Waals surface area contributed by atoms with E-state index in [4.69, 9.17) is 18.9 Å². The minimum Gasteiger partial charge on any atom is -0.508 e. The number of rotatable bonds is 12. The average Bonchev–Trinajstić information content (AvgIpc) is 3.53. The van der Waals surface area contributed by atoms with Crippen molar-refractivity contribution in [3.8, 4) is 11.5 Å². The van der Waals surface area contributed by atoms with Crippen molar-refractivity contribution >= 4 is 17.1 Å². The van der Waals surface area contributed by atoms with E-state index in [1.165, 1.54) is 0 Å². The molecular formula is C28H38N2O8S. The van der Waals surface area contributed by atoms with E-state index in [1.807, 2.05) is 13.8 Å². The van der Waals surface area contributed by atoms with E-state index >= 15 is 0 Å². The summed E-state index contributed by atoms with van der Waals surface area (Å²) in [5, 5.41) is 23.9. The van der Waals surface area contributed by atoms with E-state index in [2.05, 4.69) is 5.32 Å². The second-order valence-electron chi connectivity index (χ2n) is 10.3. The van der Waals surface area contributed by atoms with Gasteiger partial charge in [-0.25, -0.2) is 13.3 Å². The number of benzene rings is 2. The first-order valence-electron chi connectivity index (χ1n) is 13.2.